The summed E-state index contributed by atoms with van der Waals surface area (Å²) in [6.45, 7) is 2.85. The van der Waals surface area contributed by atoms with E-state index in [1.54, 1.807) is 0 Å². The van der Waals surface area contributed by atoms with Gasteiger partial charge in [-0.2, -0.15) is 0 Å². The number of para-hydroxylation sites is 2. The van der Waals surface area contributed by atoms with Crippen LogP contribution in [0.4, 0.5) is 5.69 Å². The fourth-order valence-corrected chi connectivity index (χ4v) is 3.39. The van der Waals surface area contributed by atoms with Crippen LogP contribution in [0.5, 0.6) is 5.75 Å². The molecule has 0 spiro atoms. The van der Waals surface area contributed by atoms with Gasteiger partial charge >= 0.3 is 0 Å². The summed E-state index contributed by atoms with van der Waals surface area (Å²) < 4.78 is 5.89. The number of hydrogen-bond donors (Lipinski definition) is 1. The van der Waals surface area contributed by atoms with Crippen molar-refractivity contribution in [1.82, 2.24) is 0 Å². The molecule has 1 aromatic carbocycles. The number of carbonyl (C=O) groups excluding carboxylic acids is 1. The van der Waals surface area contributed by atoms with Crippen molar-refractivity contribution in [2.75, 3.05) is 11.9 Å². The van der Waals surface area contributed by atoms with Gasteiger partial charge in [-0.05, 0) is 43.7 Å². The predicted molar refractivity (Wildman–Crippen MR) is 80.1 cm³/mol. The molecule has 20 heavy (non-hydrogen) atoms. The van der Waals surface area contributed by atoms with Gasteiger partial charge in [0, 0.05) is 5.92 Å². The lowest BCUT2D eigenvalue weighted by atomic mass is 9.78. The third kappa shape index (κ3) is 2.67. The van der Waals surface area contributed by atoms with Gasteiger partial charge in [-0.3, -0.25) is 4.79 Å². The maximum Gasteiger partial charge on any atom is 0.178 e. The standard InChI is InChI=1S/C17H23NO2/c1-2-12-7-9-13(10-8-12)17(19)16-11-18-14-5-3-4-6-15(14)20-16/h3-6,12-13,16,18H,2,7-11H2,1H3. The monoisotopic (exact) mass is 273 g/mol. The summed E-state index contributed by atoms with van der Waals surface area (Å²) in [4.78, 5) is 12.6. The van der Waals surface area contributed by atoms with Crippen LogP contribution in [-0.2, 0) is 4.79 Å². The zero-order valence-electron chi connectivity index (χ0n) is 12.1. The maximum absolute atomic E-state index is 12.6. The molecule has 1 aromatic rings. The average Bonchev–Trinajstić information content (AvgIpc) is 2.54. The van der Waals surface area contributed by atoms with E-state index in [4.69, 9.17) is 4.74 Å². The van der Waals surface area contributed by atoms with Crippen LogP contribution in [0.2, 0.25) is 0 Å². The molecule has 1 aliphatic carbocycles. The molecule has 2 aliphatic rings. The Kier molecular flexibility index (Phi) is 3.95. The Hall–Kier alpha value is -1.51. The van der Waals surface area contributed by atoms with Crippen LogP contribution in [0.3, 0.4) is 0 Å². The molecule has 0 saturated heterocycles. The summed E-state index contributed by atoms with van der Waals surface area (Å²) in [7, 11) is 0. The Morgan fingerprint density at radius 2 is 2.00 bits per heavy atom. The molecule has 108 valence electrons. The number of Topliss-reactive ketones (excluding diaryl/α,β-unsaturated/α-hetero) is 1. The molecule has 1 heterocycles. The zero-order valence-corrected chi connectivity index (χ0v) is 12.1. The minimum absolute atomic E-state index is 0.204. The lowest BCUT2D eigenvalue weighted by Gasteiger charge is -2.32. The number of hydrogen-bond acceptors (Lipinski definition) is 3. The number of anilines is 1. The first-order valence-electron chi connectivity index (χ1n) is 7.81. The minimum atomic E-state index is -0.312. The summed E-state index contributed by atoms with van der Waals surface area (Å²) in [5.74, 6) is 2.13. The molecule has 1 N–H and O–H groups in total. The molecule has 0 amide bonds. The van der Waals surface area contributed by atoms with E-state index in [2.05, 4.69) is 12.2 Å². The highest BCUT2D eigenvalue weighted by atomic mass is 16.5. The van der Waals surface area contributed by atoms with E-state index in [-0.39, 0.29) is 12.0 Å². The predicted octanol–water partition coefficient (Wildman–Crippen LogP) is 3.65. The smallest absolute Gasteiger partial charge is 0.178 e. The Balaban J connectivity index is 1.62. The topological polar surface area (TPSA) is 38.3 Å². The van der Waals surface area contributed by atoms with E-state index >= 15 is 0 Å². The number of carbonyl (C=O) groups is 1. The van der Waals surface area contributed by atoms with E-state index in [0.29, 0.717) is 12.3 Å². The van der Waals surface area contributed by atoms with E-state index in [1.165, 1.54) is 19.3 Å². The molecular formula is C17H23NO2. The van der Waals surface area contributed by atoms with Crippen molar-refractivity contribution in [3.05, 3.63) is 24.3 Å². The summed E-state index contributed by atoms with van der Waals surface area (Å²) in [5.41, 5.74) is 0.992. The van der Waals surface area contributed by atoms with Crippen LogP contribution in [0, 0.1) is 11.8 Å². The summed E-state index contributed by atoms with van der Waals surface area (Å²) in [6, 6.07) is 7.83. The molecular weight excluding hydrogens is 250 g/mol. The molecule has 1 atom stereocenters. The van der Waals surface area contributed by atoms with Crippen LogP contribution < -0.4 is 10.1 Å². The number of ether oxygens (including phenoxy) is 1. The van der Waals surface area contributed by atoms with Gasteiger partial charge in [0.1, 0.15) is 5.75 Å². The quantitative estimate of drug-likeness (QED) is 0.913. The second-order valence-electron chi connectivity index (χ2n) is 6.01. The van der Waals surface area contributed by atoms with Crippen molar-refractivity contribution in [2.24, 2.45) is 11.8 Å². The number of nitrogens with one attached hydrogen (secondary N) is 1. The number of rotatable bonds is 3. The Morgan fingerprint density at radius 3 is 2.75 bits per heavy atom. The van der Waals surface area contributed by atoms with Gasteiger partial charge in [0.05, 0.1) is 12.2 Å². The highest BCUT2D eigenvalue weighted by Gasteiger charge is 2.33. The second-order valence-corrected chi connectivity index (χ2v) is 6.01. The molecule has 3 heteroatoms. The summed E-state index contributed by atoms with van der Waals surface area (Å²) in [6.07, 6.45) is 5.41. The van der Waals surface area contributed by atoms with E-state index in [0.717, 1.165) is 30.2 Å². The first kappa shape index (κ1) is 13.5. The molecule has 1 aliphatic heterocycles. The third-order valence-corrected chi connectivity index (χ3v) is 4.78. The lowest BCUT2D eigenvalue weighted by Crippen LogP contribution is -2.42. The molecule has 0 bridgehead atoms. The van der Waals surface area contributed by atoms with Crippen LogP contribution >= 0.6 is 0 Å². The number of benzene rings is 1. The highest BCUT2D eigenvalue weighted by molar-refractivity contribution is 5.87. The van der Waals surface area contributed by atoms with Crippen LogP contribution in [0.15, 0.2) is 24.3 Å². The van der Waals surface area contributed by atoms with Gasteiger partial charge in [0.25, 0.3) is 0 Å². The second kappa shape index (κ2) is 5.86. The fraction of sp³-hybridized carbons (Fsp3) is 0.588. The molecule has 0 radical (unpaired) electrons. The maximum atomic E-state index is 12.6. The number of ketones is 1. The van der Waals surface area contributed by atoms with Crippen molar-refractivity contribution >= 4 is 11.5 Å². The Morgan fingerprint density at radius 1 is 1.25 bits per heavy atom. The fourth-order valence-electron chi connectivity index (χ4n) is 3.39. The van der Waals surface area contributed by atoms with E-state index in [1.807, 2.05) is 24.3 Å². The van der Waals surface area contributed by atoms with Crippen LogP contribution in [-0.4, -0.2) is 18.4 Å². The van der Waals surface area contributed by atoms with Gasteiger partial charge in [-0.1, -0.05) is 25.5 Å². The zero-order chi connectivity index (χ0) is 13.9. The third-order valence-electron chi connectivity index (χ3n) is 4.78. The van der Waals surface area contributed by atoms with Gasteiger partial charge < -0.3 is 10.1 Å². The summed E-state index contributed by atoms with van der Waals surface area (Å²) in [5, 5.41) is 3.31. The highest BCUT2D eigenvalue weighted by Crippen LogP contribution is 2.34. The van der Waals surface area contributed by atoms with Gasteiger partial charge in [-0.25, -0.2) is 0 Å². The molecule has 0 aromatic heterocycles. The van der Waals surface area contributed by atoms with Crippen molar-refractivity contribution in [2.45, 2.75) is 45.1 Å². The molecule has 3 rings (SSSR count). The first-order chi connectivity index (χ1) is 9.78. The largest absolute Gasteiger partial charge is 0.479 e. The first-order valence-corrected chi connectivity index (χ1v) is 7.81. The van der Waals surface area contributed by atoms with Crippen molar-refractivity contribution in [3.8, 4) is 5.75 Å². The van der Waals surface area contributed by atoms with Crippen LogP contribution in [0.25, 0.3) is 0 Å². The van der Waals surface area contributed by atoms with E-state index in [9.17, 15) is 4.79 Å². The average molecular weight is 273 g/mol. The molecule has 1 unspecified atom stereocenters. The van der Waals surface area contributed by atoms with Gasteiger partial charge in [0.15, 0.2) is 11.9 Å². The Labute approximate surface area is 120 Å². The molecule has 1 fully saturated rings. The van der Waals surface area contributed by atoms with E-state index < -0.39 is 0 Å². The Bertz CT molecular complexity index is 478. The van der Waals surface area contributed by atoms with Crippen molar-refractivity contribution < 1.29 is 9.53 Å². The van der Waals surface area contributed by atoms with Gasteiger partial charge in [0.2, 0.25) is 0 Å². The van der Waals surface area contributed by atoms with Crippen molar-refractivity contribution in [3.63, 3.8) is 0 Å². The molecule has 3 nitrogen and oxygen atoms in total. The molecule has 1 saturated carbocycles. The normalized spacial score (nSPS) is 28.9. The van der Waals surface area contributed by atoms with Crippen LogP contribution in [0.1, 0.15) is 39.0 Å². The minimum Gasteiger partial charge on any atom is -0.479 e. The SMILES string of the molecule is CCC1CCC(C(=O)C2CNc3ccccc3O2)CC1. The lowest BCUT2D eigenvalue weighted by molar-refractivity contribution is -0.130. The summed E-state index contributed by atoms with van der Waals surface area (Å²) >= 11 is 0. The van der Waals surface area contributed by atoms with Crippen molar-refractivity contribution in [1.29, 1.82) is 0 Å². The van der Waals surface area contributed by atoms with Gasteiger partial charge in [-0.15, -0.1) is 0 Å². The number of fused-ring (bicyclic) bond motifs is 1.